The first kappa shape index (κ1) is 13.7. The molecule has 0 aliphatic carbocycles. The SMILES string of the molecule is N[C@@H](c1cc(I)ccc1F)[C@H](O)C(F)(F)F. The molecule has 2 nitrogen and oxygen atoms in total. The van der Waals surface area contributed by atoms with Crippen LogP contribution < -0.4 is 5.73 Å². The fourth-order valence-electron chi connectivity index (χ4n) is 1.14. The van der Waals surface area contributed by atoms with E-state index in [1.54, 1.807) is 0 Å². The lowest BCUT2D eigenvalue weighted by Crippen LogP contribution is -2.39. The summed E-state index contributed by atoms with van der Waals surface area (Å²) in [6.07, 6.45) is -7.65. The Kier molecular flexibility index (Phi) is 4.13. The van der Waals surface area contributed by atoms with Crippen LogP contribution in [0, 0.1) is 9.39 Å². The molecule has 0 unspecified atom stereocenters. The van der Waals surface area contributed by atoms with Gasteiger partial charge >= 0.3 is 6.18 Å². The summed E-state index contributed by atoms with van der Waals surface area (Å²) in [5, 5.41) is 8.90. The normalized spacial score (nSPS) is 15.9. The van der Waals surface area contributed by atoms with E-state index in [9.17, 15) is 17.6 Å². The van der Waals surface area contributed by atoms with Crippen LogP contribution in [-0.2, 0) is 0 Å². The van der Waals surface area contributed by atoms with Gasteiger partial charge in [0.1, 0.15) is 5.82 Å². The largest absolute Gasteiger partial charge is 0.416 e. The zero-order valence-corrected chi connectivity index (χ0v) is 9.96. The van der Waals surface area contributed by atoms with E-state index in [-0.39, 0.29) is 5.56 Å². The maximum absolute atomic E-state index is 13.2. The Morgan fingerprint density at radius 2 is 1.88 bits per heavy atom. The van der Waals surface area contributed by atoms with Crippen molar-refractivity contribution in [1.82, 2.24) is 0 Å². The van der Waals surface area contributed by atoms with Crippen molar-refractivity contribution in [3.63, 3.8) is 0 Å². The van der Waals surface area contributed by atoms with Gasteiger partial charge in [-0.25, -0.2) is 4.39 Å². The van der Waals surface area contributed by atoms with Crippen LogP contribution in [0.5, 0.6) is 0 Å². The van der Waals surface area contributed by atoms with Crippen LogP contribution in [0.25, 0.3) is 0 Å². The Morgan fingerprint density at radius 1 is 1.31 bits per heavy atom. The number of hydrogen-bond donors (Lipinski definition) is 2. The lowest BCUT2D eigenvalue weighted by molar-refractivity contribution is -0.210. The highest BCUT2D eigenvalue weighted by Gasteiger charge is 2.43. The highest BCUT2D eigenvalue weighted by molar-refractivity contribution is 14.1. The average Bonchev–Trinajstić information content (AvgIpc) is 2.18. The fraction of sp³-hybridized carbons (Fsp3) is 0.333. The van der Waals surface area contributed by atoms with Crippen molar-refractivity contribution in [1.29, 1.82) is 0 Å². The van der Waals surface area contributed by atoms with Crippen molar-refractivity contribution in [2.24, 2.45) is 5.73 Å². The zero-order valence-electron chi connectivity index (χ0n) is 7.80. The molecule has 1 rings (SSSR count). The Bertz CT molecular complexity index is 382. The molecule has 2 atom stereocenters. The van der Waals surface area contributed by atoms with Crippen LogP contribution in [0.4, 0.5) is 17.6 Å². The molecule has 0 aliphatic rings. The summed E-state index contributed by atoms with van der Waals surface area (Å²) in [6, 6.07) is 1.76. The minimum Gasteiger partial charge on any atom is -0.382 e. The smallest absolute Gasteiger partial charge is 0.382 e. The molecular weight excluding hydrogens is 341 g/mol. The van der Waals surface area contributed by atoms with E-state index in [4.69, 9.17) is 10.8 Å². The molecule has 1 aromatic rings. The van der Waals surface area contributed by atoms with Gasteiger partial charge in [-0.2, -0.15) is 13.2 Å². The van der Waals surface area contributed by atoms with Gasteiger partial charge in [0.05, 0.1) is 6.04 Å². The zero-order chi connectivity index (χ0) is 12.5. The summed E-state index contributed by atoms with van der Waals surface area (Å²) < 4.78 is 50.2. The number of aliphatic hydroxyl groups excluding tert-OH is 1. The third kappa shape index (κ3) is 3.05. The molecule has 16 heavy (non-hydrogen) atoms. The predicted octanol–water partition coefficient (Wildman–Crippen LogP) is 2.35. The summed E-state index contributed by atoms with van der Waals surface area (Å²) >= 11 is 1.81. The molecule has 0 fully saturated rings. The van der Waals surface area contributed by atoms with Gasteiger partial charge < -0.3 is 10.8 Å². The minimum absolute atomic E-state index is 0.350. The van der Waals surface area contributed by atoms with Crippen LogP contribution in [0.3, 0.4) is 0 Å². The van der Waals surface area contributed by atoms with Crippen molar-refractivity contribution in [3.05, 3.63) is 33.1 Å². The van der Waals surface area contributed by atoms with Gasteiger partial charge in [0.15, 0.2) is 6.10 Å². The summed E-state index contributed by atoms with van der Waals surface area (Å²) in [6.45, 7) is 0. The van der Waals surface area contributed by atoms with Gasteiger partial charge in [-0.15, -0.1) is 0 Å². The van der Waals surface area contributed by atoms with Crippen molar-refractivity contribution < 1.29 is 22.7 Å². The second-order valence-corrected chi connectivity index (χ2v) is 4.42. The highest BCUT2D eigenvalue weighted by atomic mass is 127. The first-order chi connectivity index (χ1) is 7.23. The number of benzene rings is 1. The molecule has 0 spiro atoms. The Hall–Kier alpha value is -0.410. The molecule has 0 aliphatic heterocycles. The molecule has 3 N–H and O–H groups in total. The van der Waals surface area contributed by atoms with E-state index in [1.165, 1.54) is 12.1 Å². The van der Waals surface area contributed by atoms with Crippen molar-refractivity contribution >= 4 is 22.6 Å². The molecule has 0 bridgehead atoms. The second kappa shape index (κ2) is 4.84. The molecule has 0 heterocycles. The quantitative estimate of drug-likeness (QED) is 0.636. The van der Waals surface area contributed by atoms with E-state index in [0.29, 0.717) is 3.57 Å². The van der Waals surface area contributed by atoms with Crippen LogP contribution >= 0.6 is 22.6 Å². The lowest BCUT2D eigenvalue weighted by atomic mass is 10.0. The number of rotatable bonds is 2. The van der Waals surface area contributed by atoms with Crippen molar-refractivity contribution in [2.45, 2.75) is 18.3 Å². The lowest BCUT2D eigenvalue weighted by Gasteiger charge is -2.22. The molecule has 0 amide bonds. The van der Waals surface area contributed by atoms with E-state index >= 15 is 0 Å². The van der Waals surface area contributed by atoms with Gasteiger partial charge in [-0.05, 0) is 40.8 Å². The molecule has 0 saturated carbocycles. The third-order valence-electron chi connectivity index (χ3n) is 1.99. The fourth-order valence-corrected chi connectivity index (χ4v) is 1.66. The standard InChI is InChI=1S/C9H8F4INO/c10-6-2-1-4(14)3-5(6)7(15)8(16)9(11,12)13/h1-3,7-8,16H,15H2/t7-,8-/m0/s1. The van der Waals surface area contributed by atoms with Crippen molar-refractivity contribution in [2.75, 3.05) is 0 Å². The first-order valence-electron chi connectivity index (χ1n) is 4.19. The predicted molar refractivity (Wildman–Crippen MR) is 58.1 cm³/mol. The van der Waals surface area contributed by atoms with E-state index in [0.717, 1.165) is 6.07 Å². The van der Waals surface area contributed by atoms with Crippen LogP contribution in [0.15, 0.2) is 18.2 Å². The van der Waals surface area contributed by atoms with Gasteiger partial charge in [0.25, 0.3) is 0 Å². The number of aliphatic hydroxyl groups is 1. The Balaban J connectivity index is 3.05. The molecule has 90 valence electrons. The third-order valence-corrected chi connectivity index (χ3v) is 2.66. The molecule has 0 saturated heterocycles. The monoisotopic (exact) mass is 349 g/mol. The maximum Gasteiger partial charge on any atom is 0.416 e. The topological polar surface area (TPSA) is 46.2 Å². The summed E-state index contributed by atoms with van der Waals surface area (Å²) in [5.41, 5.74) is 4.83. The van der Waals surface area contributed by atoms with E-state index < -0.39 is 24.1 Å². The van der Waals surface area contributed by atoms with E-state index in [1.807, 2.05) is 22.6 Å². The Morgan fingerprint density at radius 3 is 2.38 bits per heavy atom. The number of hydrogen-bond acceptors (Lipinski definition) is 2. The maximum atomic E-state index is 13.2. The number of nitrogens with two attached hydrogens (primary N) is 1. The van der Waals surface area contributed by atoms with Crippen LogP contribution in [-0.4, -0.2) is 17.4 Å². The van der Waals surface area contributed by atoms with Gasteiger partial charge in [0, 0.05) is 9.13 Å². The van der Waals surface area contributed by atoms with E-state index in [2.05, 4.69) is 0 Å². The summed E-state index contributed by atoms with van der Waals surface area (Å²) in [7, 11) is 0. The molecule has 7 heteroatoms. The summed E-state index contributed by atoms with van der Waals surface area (Å²) in [4.78, 5) is 0. The average molecular weight is 349 g/mol. The van der Waals surface area contributed by atoms with Crippen LogP contribution in [0.2, 0.25) is 0 Å². The minimum atomic E-state index is -4.87. The Labute approximate surface area is 103 Å². The van der Waals surface area contributed by atoms with Gasteiger partial charge in [0.2, 0.25) is 0 Å². The number of halogens is 5. The molecule has 0 radical (unpaired) electrons. The highest BCUT2D eigenvalue weighted by Crippen LogP contribution is 2.30. The second-order valence-electron chi connectivity index (χ2n) is 3.18. The summed E-state index contributed by atoms with van der Waals surface area (Å²) in [5.74, 6) is -0.865. The van der Waals surface area contributed by atoms with Crippen LogP contribution in [0.1, 0.15) is 11.6 Å². The molecule has 0 aromatic heterocycles. The van der Waals surface area contributed by atoms with Gasteiger partial charge in [-0.3, -0.25) is 0 Å². The van der Waals surface area contributed by atoms with Gasteiger partial charge in [-0.1, -0.05) is 0 Å². The molecular formula is C9H8F4INO. The number of alkyl halides is 3. The molecule has 1 aromatic carbocycles. The van der Waals surface area contributed by atoms with Crippen molar-refractivity contribution in [3.8, 4) is 0 Å². The first-order valence-corrected chi connectivity index (χ1v) is 5.26.